The topological polar surface area (TPSA) is 58.3 Å². The van der Waals surface area contributed by atoms with Crippen molar-refractivity contribution in [3.8, 4) is 0 Å². The molecule has 0 radical (unpaired) electrons. The van der Waals surface area contributed by atoms with Crippen molar-refractivity contribution < 1.29 is 5.11 Å². The van der Waals surface area contributed by atoms with Gasteiger partial charge < -0.3 is 16.2 Å². The number of hydrogen-bond donors (Lipinski definition) is 3. The molecule has 1 aliphatic carbocycles. The molecule has 0 spiro atoms. The average molecular weight is 186 g/mol. The Morgan fingerprint density at radius 2 is 2.00 bits per heavy atom. The second-order valence-corrected chi connectivity index (χ2v) is 4.83. The third-order valence-electron chi connectivity index (χ3n) is 2.55. The lowest BCUT2D eigenvalue weighted by molar-refractivity contribution is 0.0887. The van der Waals surface area contributed by atoms with Crippen LogP contribution in [0.5, 0.6) is 0 Å². The monoisotopic (exact) mass is 186 g/mol. The van der Waals surface area contributed by atoms with Crippen LogP contribution in [0, 0.1) is 0 Å². The second kappa shape index (κ2) is 4.40. The van der Waals surface area contributed by atoms with Gasteiger partial charge in [0, 0.05) is 18.1 Å². The van der Waals surface area contributed by atoms with Gasteiger partial charge >= 0.3 is 0 Å². The summed E-state index contributed by atoms with van der Waals surface area (Å²) in [4.78, 5) is 0. The van der Waals surface area contributed by atoms with Gasteiger partial charge in [0.1, 0.15) is 0 Å². The van der Waals surface area contributed by atoms with Crippen LogP contribution in [0.1, 0.15) is 39.5 Å². The molecule has 3 nitrogen and oxygen atoms in total. The first kappa shape index (κ1) is 11.0. The number of hydrogen-bond acceptors (Lipinski definition) is 3. The number of nitrogens with one attached hydrogen (secondary N) is 1. The van der Waals surface area contributed by atoms with E-state index in [-0.39, 0.29) is 17.7 Å². The van der Waals surface area contributed by atoms with Crippen molar-refractivity contribution in [3.63, 3.8) is 0 Å². The van der Waals surface area contributed by atoms with Crippen molar-refractivity contribution >= 4 is 0 Å². The van der Waals surface area contributed by atoms with Gasteiger partial charge in [0.2, 0.25) is 0 Å². The summed E-state index contributed by atoms with van der Waals surface area (Å²) in [5, 5.41) is 13.0. The molecule has 0 bridgehead atoms. The highest BCUT2D eigenvalue weighted by molar-refractivity contribution is 4.84. The summed E-state index contributed by atoms with van der Waals surface area (Å²) < 4.78 is 0. The predicted molar refractivity (Wildman–Crippen MR) is 54.5 cm³/mol. The summed E-state index contributed by atoms with van der Waals surface area (Å²) in [6.07, 6.45) is 4.22. The Hall–Kier alpha value is -0.120. The minimum Gasteiger partial charge on any atom is -0.392 e. The maximum atomic E-state index is 9.66. The van der Waals surface area contributed by atoms with Gasteiger partial charge in [0.25, 0.3) is 0 Å². The molecule has 2 atom stereocenters. The van der Waals surface area contributed by atoms with Crippen LogP contribution < -0.4 is 11.1 Å². The molecule has 13 heavy (non-hydrogen) atoms. The lowest BCUT2D eigenvalue weighted by Crippen LogP contribution is -2.50. The Bertz CT molecular complexity index is 153. The quantitative estimate of drug-likeness (QED) is 0.605. The van der Waals surface area contributed by atoms with Gasteiger partial charge in [0.05, 0.1) is 6.10 Å². The van der Waals surface area contributed by atoms with Crippen LogP contribution in [-0.2, 0) is 0 Å². The summed E-state index contributed by atoms with van der Waals surface area (Å²) in [7, 11) is 0. The average Bonchev–Trinajstić information content (AvgIpc) is 2.01. The number of aliphatic hydroxyl groups is 1. The summed E-state index contributed by atoms with van der Waals surface area (Å²) in [5.41, 5.74) is 5.67. The van der Waals surface area contributed by atoms with Crippen molar-refractivity contribution in [2.24, 2.45) is 5.73 Å². The lowest BCUT2D eigenvalue weighted by Gasteiger charge is -2.31. The van der Waals surface area contributed by atoms with Crippen LogP contribution in [0.3, 0.4) is 0 Å². The van der Waals surface area contributed by atoms with Gasteiger partial charge in [-0.05, 0) is 26.7 Å². The van der Waals surface area contributed by atoms with Crippen molar-refractivity contribution in [2.75, 3.05) is 6.54 Å². The fourth-order valence-corrected chi connectivity index (χ4v) is 1.74. The van der Waals surface area contributed by atoms with E-state index in [0.717, 1.165) is 25.8 Å². The lowest BCUT2D eigenvalue weighted by atomic mass is 9.92. The van der Waals surface area contributed by atoms with Crippen LogP contribution in [0.4, 0.5) is 0 Å². The molecule has 0 aromatic heterocycles. The van der Waals surface area contributed by atoms with E-state index >= 15 is 0 Å². The predicted octanol–water partition coefficient (Wildman–Crippen LogP) is 0.617. The van der Waals surface area contributed by atoms with E-state index in [1.807, 2.05) is 13.8 Å². The molecule has 2 unspecified atom stereocenters. The third-order valence-corrected chi connectivity index (χ3v) is 2.55. The summed E-state index contributed by atoms with van der Waals surface area (Å²) in [5.74, 6) is 0. The van der Waals surface area contributed by atoms with Crippen LogP contribution in [-0.4, -0.2) is 29.3 Å². The molecular weight excluding hydrogens is 164 g/mol. The molecule has 0 aliphatic heterocycles. The molecule has 4 N–H and O–H groups in total. The highest BCUT2D eigenvalue weighted by Gasteiger charge is 2.23. The SMILES string of the molecule is CC(C)(N)CNC1CCCCC1O. The molecule has 0 heterocycles. The van der Waals surface area contributed by atoms with E-state index in [1.54, 1.807) is 0 Å². The van der Waals surface area contributed by atoms with E-state index < -0.39 is 0 Å². The van der Waals surface area contributed by atoms with E-state index in [1.165, 1.54) is 6.42 Å². The molecule has 1 saturated carbocycles. The Kier molecular flexibility index (Phi) is 3.71. The highest BCUT2D eigenvalue weighted by atomic mass is 16.3. The number of nitrogens with two attached hydrogens (primary N) is 1. The van der Waals surface area contributed by atoms with Crippen LogP contribution in [0.25, 0.3) is 0 Å². The molecule has 1 aliphatic rings. The summed E-state index contributed by atoms with van der Waals surface area (Å²) >= 11 is 0. The van der Waals surface area contributed by atoms with Crippen LogP contribution >= 0.6 is 0 Å². The fourth-order valence-electron chi connectivity index (χ4n) is 1.74. The smallest absolute Gasteiger partial charge is 0.0693 e. The van der Waals surface area contributed by atoms with Gasteiger partial charge in [-0.1, -0.05) is 12.8 Å². The highest BCUT2D eigenvalue weighted by Crippen LogP contribution is 2.18. The maximum Gasteiger partial charge on any atom is 0.0693 e. The van der Waals surface area contributed by atoms with Gasteiger partial charge in [-0.25, -0.2) is 0 Å². The largest absolute Gasteiger partial charge is 0.392 e. The first-order valence-electron chi connectivity index (χ1n) is 5.19. The molecule has 0 amide bonds. The third kappa shape index (κ3) is 4.07. The molecule has 78 valence electrons. The summed E-state index contributed by atoms with van der Waals surface area (Å²) in [6, 6.07) is 0.261. The molecular formula is C10H22N2O. The summed E-state index contributed by atoms with van der Waals surface area (Å²) in [6.45, 7) is 4.76. The van der Waals surface area contributed by atoms with E-state index in [9.17, 15) is 5.11 Å². The zero-order valence-electron chi connectivity index (χ0n) is 8.71. The minimum absolute atomic E-state index is 0.170. The molecule has 0 saturated heterocycles. The molecule has 1 fully saturated rings. The first-order valence-corrected chi connectivity index (χ1v) is 5.19. The zero-order valence-corrected chi connectivity index (χ0v) is 8.71. The van der Waals surface area contributed by atoms with Crippen LogP contribution in [0.15, 0.2) is 0 Å². The number of aliphatic hydroxyl groups excluding tert-OH is 1. The minimum atomic E-state index is -0.183. The zero-order chi connectivity index (χ0) is 9.90. The molecule has 0 aromatic rings. The molecule has 3 heteroatoms. The van der Waals surface area contributed by atoms with Gasteiger partial charge in [0.15, 0.2) is 0 Å². The first-order chi connectivity index (χ1) is 5.99. The van der Waals surface area contributed by atoms with Gasteiger partial charge in [-0.2, -0.15) is 0 Å². The Balaban J connectivity index is 2.27. The van der Waals surface area contributed by atoms with Crippen molar-refractivity contribution in [2.45, 2.75) is 57.2 Å². The molecule has 0 aromatic carbocycles. The van der Waals surface area contributed by atoms with Crippen molar-refractivity contribution in [1.82, 2.24) is 5.32 Å². The van der Waals surface area contributed by atoms with Crippen molar-refractivity contribution in [1.29, 1.82) is 0 Å². The normalized spacial score (nSPS) is 30.5. The fraction of sp³-hybridized carbons (Fsp3) is 1.00. The Labute approximate surface area is 80.7 Å². The van der Waals surface area contributed by atoms with E-state index in [2.05, 4.69) is 5.32 Å². The number of rotatable bonds is 3. The van der Waals surface area contributed by atoms with E-state index in [0.29, 0.717) is 0 Å². The standard InChI is InChI=1S/C10H22N2O/c1-10(2,11)7-12-8-5-3-4-6-9(8)13/h8-9,12-13H,3-7,11H2,1-2H3. The molecule has 1 rings (SSSR count). The van der Waals surface area contributed by atoms with Crippen molar-refractivity contribution in [3.05, 3.63) is 0 Å². The van der Waals surface area contributed by atoms with Gasteiger partial charge in [-0.3, -0.25) is 0 Å². The maximum absolute atomic E-state index is 9.66. The Morgan fingerprint density at radius 1 is 1.38 bits per heavy atom. The second-order valence-electron chi connectivity index (χ2n) is 4.83. The Morgan fingerprint density at radius 3 is 2.54 bits per heavy atom. The van der Waals surface area contributed by atoms with Gasteiger partial charge in [-0.15, -0.1) is 0 Å². The van der Waals surface area contributed by atoms with E-state index in [4.69, 9.17) is 5.73 Å². The van der Waals surface area contributed by atoms with Crippen LogP contribution in [0.2, 0.25) is 0 Å².